The third-order valence-corrected chi connectivity index (χ3v) is 7.75. The number of fused-ring (bicyclic) bond motifs is 3. The van der Waals surface area contributed by atoms with E-state index in [1.807, 2.05) is 6.20 Å². The van der Waals surface area contributed by atoms with Crippen LogP contribution < -0.4 is 5.32 Å². The Morgan fingerprint density at radius 3 is 2.50 bits per heavy atom. The van der Waals surface area contributed by atoms with Gasteiger partial charge in [-0.3, -0.25) is 19.5 Å². The molecule has 0 spiro atoms. The Kier molecular flexibility index (Phi) is 5.03. The Morgan fingerprint density at radius 2 is 1.80 bits per heavy atom. The highest BCUT2D eigenvalue weighted by Crippen LogP contribution is 2.42. The lowest BCUT2D eigenvalue weighted by Crippen LogP contribution is -2.56. The SMILES string of the molecule is COC(=O)C1CC(C(=O)N2[C@@H]3CC[C@H]2CC(NC(=O)C2CCc4cn[nH]c4C2)C3)C1. The molecular weight excluding hydrogens is 384 g/mol. The number of methoxy groups -OCH3 is 1. The molecule has 8 nitrogen and oxygen atoms in total. The zero-order valence-electron chi connectivity index (χ0n) is 17.4. The summed E-state index contributed by atoms with van der Waals surface area (Å²) in [4.78, 5) is 39.6. The van der Waals surface area contributed by atoms with Crippen molar-refractivity contribution in [2.45, 2.75) is 75.9 Å². The third kappa shape index (κ3) is 3.40. The molecule has 5 rings (SSSR count). The molecule has 8 heteroatoms. The van der Waals surface area contributed by atoms with Gasteiger partial charge in [-0.15, -0.1) is 0 Å². The minimum Gasteiger partial charge on any atom is -0.469 e. The van der Waals surface area contributed by atoms with Crippen molar-refractivity contribution in [2.75, 3.05) is 7.11 Å². The first-order valence-corrected chi connectivity index (χ1v) is 11.2. The summed E-state index contributed by atoms with van der Waals surface area (Å²) in [6.45, 7) is 0. The number of carbonyl (C=O) groups is 3. The number of hydrogen-bond donors (Lipinski definition) is 2. The topological polar surface area (TPSA) is 104 Å². The quantitative estimate of drug-likeness (QED) is 0.724. The van der Waals surface area contributed by atoms with Crippen LogP contribution in [-0.2, 0) is 32.0 Å². The smallest absolute Gasteiger partial charge is 0.308 e. The summed E-state index contributed by atoms with van der Waals surface area (Å²) >= 11 is 0. The lowest BCUT2D eigenvalue weighted by molar-refractivity contribution is -0.155. The Hall–Kier alpha value is -2.38. The van der Waals surface area contributed by atoms with E-state index in [0.29, 0.717) is 12.8 Å². The second kappa shape index (κ2) is 7.71. The van der Waals surface area contributed by atoms with Gasteiger partial charge in [0.2, 0.25) is 11.8 Å². The van der Waals surface area contributed by atoms with Gasteiger partial charge in [0.05, 0.1) is 19.2 Å². The first-order chi connectivity index (χ1) is 14.5. The van der Waals surface area contributed by atoms with E-state index in [9.17, 15) is 14.4 Å². The molecule has 0 aromatic carbocycles. The number of rotatable bonds is 4. The maximum atomic E-state index is 13.0. The molecule has 4 aliphatic rings. The van der Waals surface area contributed by atoms with E-state index in [-0.39, 0.29) is 53.7 Å². The van der Waals surface area contributed by atoms with E-state index >= 15 is 0 Å². The van der Waals surface area contributed by atoms with E-state index in [4.69, 9.17) is 4.74 Å². The Labute approximate surface area is 176 Å². The van der Waals surface area contributed by atoms with Gasteiger partial charge in [0.25, 0.3) is 0 Å². The Morgan fingerprint density at radius 1 is 1.07 bits per heavy atom. The fraction of sp³-hybridized carbons (Fsp3) is 0.727. The van der Waals surface area contributed by atoms with Crippen molar-refractivity contribution in [3.05, 3.63) is 17.5 Å². The highest BCUT2D eigenvalue weighted by atomic mass is 16.5. The van der Waals surface area contributed by atoms with Crippen LogP contribution in [0.4, 0.5) is 0 Å². The molecule has 2 unspecified atom stereocenters. The maximum absolute atomic E-state index is 13.0. The number of piperidine rings is 1. The van der Waals surface area contributed by atoms with Gasteiger partial charge < -0.3 is 15.0 Å². The van der Waals surface area contributed by atoms with Crippen LogP contribution in [0.25, 0.3) is 0 Å². The number of amides is 2. The van der Waals surface area contributed by atoms with Crippen LogP contribution in [0.15, 0.2) is 6.20 Å². The van der Waals surface area contributed by atoms with Gasteiger partial charge in [-0.2, -0.15) is 5.10 Å². The van der Waals surface area contributed by atoms with Crippen LogP contribution in [0.3, 0.4) is 0 Å². The van der Waals surface area contributed by atoms with Gasteiger partial charge in [0.1, 0.15) is 0 Å². The molecule has 2 saturated heterocycles. The number of ether oxygens (including phenoxy) is 1. The number of aromatic amines is 1. The van der Waals surface area contributed by atoms with Crippen LogP contribution in [-0.4, -0.2) is 58.1 Å². The molecule has 3 fully saturated rings. The van der Waals surface area contributed by atoms with E-state index in [1.54, 1.807) is 0 Å². The monoisotopic (exact) mass is 414 g/mol. The summed E-state index contributed by atoms with van der Waals surface area (Å²) in [6.07, 6.45) is 9.28. The van der Waals surface area contributed by atoms with Crippen LogP contribution in [0.1, 0.15) is 56.2 Å². The van der Waals surface area contributed by atoms with Crippen molar-refractivity contribution in [1.29, 1.82) is 0 Å². The lowest BCUT2D eigenvalue weighted by Gasteiger charge is -2.43. The lowest BCUT2D eigenvalue weighted by atomic mass is 9.73. The molecule has 2 aliphatic heterocycles. The van der Waals surface area contributed by atoms with Crippen molar-refractivity contribution >= 4 is 17.8 Å². The largest absolute Gasteiger partial charge is 0.469 e. The number of esters is 1. The van der Waals surface area contributed by atoms with E-state index in [1.165, 1.54) is 12.7 Å². The van der Waals surface area contributed by atoms with Gasteiger partial charge in [0.15, 0.2) is 0 Å². The molecule has 4 atom stereocenters. The molecule has 162 valence electrons. The van der Waals surface area contributed by atoms with Gasteiger partial charge >= 0.3 is 5.97 Å². The molecule has 2 aliphatic carbocycles. The Balaban J connectivity index is 1.15. The number of aryl methyl sites for hydroxylation is 1. The van der Waals surface area contributed by atoms with Crippen LogP contribution in [0.5, 0.6) is 0 Å². The maximum Gasteiger partial charge on any atom is 0.308 e. The average Bonchev–Trinajstić information content (AvgIpc) is 3.28. The number of nitrogens with one attached hydrogen (secondary N) is 2. The van der Waals surface area contributed by atoms with Crippen LogP contribution in [0, 0.1) is 17.8 Å². The first-order valence-electron chi connectivity index (χ1n) is 11.2. The second-order valence-corrected chi connectivity index (χ2v) is 9.51. The van der Waals surface area contributed by atoms with Crippen molar-refractivity contribution in [2.24, 2.45) is 17.8 Å². The van der Waals surface area contributed by atoms with Crippen LogP contribution >= 0.6 is 0 Å². The van der Waals surface area contributed by atoms with Crippen molar-refractivity contribution in [3.63, 3.8) is 0 Å². The summed E-state index contributed by atoms with van der Waals surface area (Å²) < 4.78 is 4.79. The first kappa shape index (κ1) is 19.6. The standard InChI is InChI=1S/C22H30N4O4/c1-30-22(29)15-6-14(7-15)21(28)26-17-4-5-18(26)10-16(9-17)24-20(27)12-2-3-13-11-23-25-19(13)8-12/h11-12,14-18H,2-10H2,1H3,(H,23,25)(H,24,27)/t12?,14?,15?,16?,17-,18+. The van der Waals surface area contributed by atoms with Gasteiger partial charge in [0, 0.05) is 42.1 Å². The summed E-state index contributed by atoms with van der Waals surface area (Å²) in [5.41, 5.74) is 2.32. The molecular formula is C22H30N4O4. The summed E-state index contributed by atoms with van der Waals surface area (Å²) in [6, 6.07) is 0.569. The highest BCUT2D eigenvalue weighted by Gasteiger charge is 2.49. The molecule has 0 radical (unpaired) electrons. The minimum absolute atomic E-state index is 0.000459. The molecule has 1 saturated carbocycles. The Bertz CT molecular complexity index is 832. The molecule has 30 heavy (non-hydrogen) atoms. The summed E-state index contributed by atoms with van der Waals surface area (Å²) in [7, 11) is 1.40. The van der Waals surface area contributed by atoms with E-state index in [0.717, 1.165) is 50.6 Å². The molecule has 2 amide bonds. The van der Waals surface area contributed by atoms with Crippen molar-refractivity contribution in [3.8, 4) is 0 Å². The fourth-order valence-corrected chi connectivity index (χ4v) is 6.00. The zero-order chi connectivity index (χ0) is 20.8. The van der Waals surface area contributed by atoms with Gasteiger partial charge in [-0.25, -0.2) is 0 Å². The predicted molar refractivity (Wildman–Crippen MR) is 107 cm³/mol. The van der Waals surface area contributed by atoms with Crippen LogP contribution in [0.2, 0.25) is 0 Å². The predicted octanol–water partition coefficient (Wildman–Crippen LogP) is 1.35. The van der Waals surface area contributed by atoms with Gasteiger partial charge in [-0.1, -0.05) is 0 Å². The average molecular weight is 415 g/mol. The van der Waals surface area contributed by atoms with E-state index < -0.39 is 0 Å². The van der Waals surface area contributed by atoms with Crippen molar-refractivity contribution < 1.29 is 19.1 Å². The normalized spacial score (nSPS) is 34.6. The number of nitrogens with zero attached hydrogens (tertiary/aromatic N) is 2. The summed E-state index contributed by atoms with van der Waals surface area (Å²) in [5, 5.41) is 10.4. The molecule has 3 heterocycles. The molecule has 2 N–H and O–H groups in total. The summed E-state index contributed by atoms with van der Waals surface area (Å²) in [5.74, 6) is -0.0294. The zero-order valence-corrected chi connectivity index (χ0v) is 17.4. The number of carbonyl (C=O) groups excluding carboxylic acids is 3. The molecule has 1 aromatic rings. The second-order valence-electron chi connectivity index (χ2n) is 9.51. The van der Waals surface area contributed by atoms with E-state index in [2.05, 4.69) is 20.4 Å². The highest BCUT2D eigenvalue weighted by molar-refractivity contribution is 5.84. The minimum atomic E-state index is -0.201. The van der Waals surface area contributed by atoms with Gasteiger partial charge in [-0.05, 0) is 56.9 Å². The molecule has 2 bridgehead atoms. The van der Waals surface area contributed by atoms with Crippen molar-refractivity contribution in [1.82, 2.24) is 20.4 Å². The third-order valence-electron chi connectivity index (χ3n) is 7.75. The molecule has 1 aromatic heterocycles. The number of aromatic nitrogens is 2. The fourth-order valence-electron chi connectivity index (χ4n) is 6.00. The number of hydrogen-bond acceptors (Lipinski definition) is 5. The number of H-pyrrole nitrogens is 1.